The summed E-state index contributed by atoms with van der Waals surface area (Å²) in [5, 5.41) is 4.62. The van der Waals surface area contributed by atoms with Gasteiger partial charge in [0.1, 0.15) is 0 Å². The lowest BCUT2D eigenvalue weighted by Crippen LogP contribution is -1.92. The van der Waals surface area contributed by atoms with Gasteiger partial charge in [-0.15, -0.1) is 0 Å². The molecule has 0 unspecified atom stereocenters. The van der Waals surface area contributed by atoms with Crippen molar-refractivity contribution in [3.05, 3.63) is 146 Å². The van der Waals surface area contributed by atoms with Gasteiger partial charge in [-0.1, -0.05) is 103 Å². The van der Waals surface area contributed by atoms with Crippen LogP contribution in [-0.2, 0) is 0 Å². The predicted molar refractivity (Wildman–Crippen MR) is 172 cm³/mol. The first-order valence-corrected chi connectivity index (χ1v) is 14.0. The molecule has 3 heterocycles. The van der Waals surface area contributed by atoms with E-state index in [0.717, 1.165) is 49.9 Å². The van der Waals surface area contributed by atoms with Crippen LogP contribution in [0.25, 0.3) is 77.6 Å². The number of aromatic nitrogens is 4. The van der Waals surface area contributed by atoms with E-state index in [9.17, 15) is 0 Å². The largest absolute Gasteiger partial charge is 0.245 e. The molecule has 0 spiro atoms. The Hall–Kier alpha value is -5.74. The average Bonchev–Trinajstić information content (AvgIpc) is 3.08. The Morgan fingerprint density at radius 3 is 1.64 bits per heavy atom. The monoisotopic (exact) mass is 536 g/mol. The van der Waals surface area contributed by atoms with E-state index in [-0.39, 0.29) is 0 Å². The molecule has 0 N–H and O–H groups in total. The normalized spacial score (nSPS) is 11.3. The van der Waals surface area contributed by atoms with Gasteiger partial charge in [0, 0.05) is 39.9 Å². The molecule has 0 bridgehead atoms. The standard InChI is InChI=1S/C38H24N4/c1-2-6-30-23-31(16-11-25(30)5-1)26-9-12-27(13-10-26)34-19-17-28-14-15-29-18-20-35(42-37(29)36(28)41-34)32-7-3-8-33(24-32)38-39-21-4-22-40-38/h1-24H. The fourth-order valence-electron chi connectivity index (χ4n) is 5.56. The van der Waals surface area contributed by atoms with E-state index in [0.29, 0.717) is 5.82 Å². The topological polar surface area (TPSA) is 51.6 Å². The second-order valence-electron chi connectivity index (χ2n) is 10.4. The van der Waals surface area contributed by atoms with Gasteiger partial charge < -0.3 is 0 Å². The number of hydrogen-bond donors (Lipinski definition) is 0. The summed E-state index contributed by atoms with van der Waals surface area (Å²) in [6.07, 6.45) is 3.52. The minimum Gasteiger partial charge on any atom is -0.245 e. The van der Waals surface area contributed by atoms with E-state index in [1.54, 1.807) is 12.4 Å². The Kier molecular flexibility index (Phi) is 5.75. The molecule has 0 amide bonds. The van der Waals surface area contributed by atoms with Crippen LogP contribution < -0.4 is 0 Å². The highest BCUT2D eigenvalue weighted by Crippen LogP contribution is 2.31. The van der Waals surface area contributed by atoms with Gasteiger partial charge in [0.15, 0.2) is 5.82 Å². The summed E-state index contributed by atoms with van der Waals surface area (Å²) in [5.74, 6) is 0.698. The molecule has 8 rings (SSSR count). The molecule has 0 saturated carbocycles. The van der Waals surface area contributed by atoms with Crippen molar-refractivity contribution < 1.29 is 0 Å². The van der Waals surface area contributed by atoms with Crippen LogP contribution in [-0.4, -0.2) is 19.9 Å². The average molecular weight is 537 g/mol. The first-order valence-electron chi connectivity index (χ1n) is 14.0. The van der Waals surface area contributed by atoms with Crippen molar-refractivity contribution in [2.45, 2.75) is 0 Å². The summed E-state index contributed by atoms with van der Waals surface area (Å²) in [4.78, 5) is 19.1. The van der Waals surface area contributed by atoms with Gasteiger partial charge in [0.05, 0.1) is 22.4 Å². The van der Waals surface area contributed by atoms with Crippen LogP contribution in [0.5, 0.6) is 0 Å². The maximum Gasteiger partial charge on any atom is 0.159 e. The lowest BCUT2D eigenvalue weighted by Gasteiger charge is -2.09. The van der Waals surface area contributed by atoms with Crippen LogP contribution in [0.15, 0.2) is 146 Å². The fourth-order valence-corrected chi connectivity index (χ4v) is 5.56. The summed E-state index contributed by atoms with van der Waals surface area (Å²) >= 11 is 0. The Balaban J connectivity index is 1.18. The molecule has 0 aliphatic rings. The number of benzene rings is 5. The van der Waals surface area contributed by atoms with Crippen molar-refractivity contribution >= 4 is 32.6 Å². The van der Waals surface area contributed by atoms with E-state index in [2.05, 4.69) is 125 Å². The summed E-state index contributed by atoms with van der Waals surface area (Å²) in [6.45, 7) is 0. The number of fused-ring (bicyclic) bond motifs is 4. The SMILES string of the molecule is c1cnc(-c2cccc(-c3ccc4ccc5ccc(-c6ccc(-c7ccc8ccccc8c7)cc6)nc5c4n3)c2)nc1. The van der Waals surface area contributed by atoms with E-state index < -0.39 is 0 Å². The molecule has 0 aliphatic carbocycles. The molecule has 4 nitrogen and oxygen atoms in total. The molecule has 8 aromatic rings. The molecule has 42 heavy (non-hydrogen) atoms. The fraction of sp³-hybridized carbons (Fsp3) is 0. The van der Waals surface area contributed by atoms with Crippen LogP contribution in [0.4, 0.5) is 0 Å². The molecule has 196 valence electrons. The van der Waals surface area contributed by atoms with E-state index in [1.165, 1.54) is 21.9 Å². The highest BCUT2D eigenvalue weighted by Gasteiger charge is 2.10. The second kappa shape index (κ2) is 10.0. The highest BCUT2D eigenvalue weighted by molar-refractivity contribution is 6.04. The zero-order valence-corrected chi connectivity index (χ0v) is 22.6. The zero-order valence-electron chi connectivity index (χ0n) is 22.6. The summed E-state index contributed by atoms with van der Waals surface area (Å²) in [5.41, 5.74) is 9.04. The zero-order chi connectivity index (χ0) is 27.9. The van der Waals surface area contributed by atoms with Crippen molar-refractivity contribution in [2.24, 2.45) is 0 Å². The van der Waals surface area contributed by atoms with Crippen LogP contribution >= 0.6 is 0 Å². The van der Waals surface area contributed by atoms with Crippen LogP contribution in [0.2, 0.25) is 0 Å². The smallest absolute Gasteiger partial charge is 0.159 e. The molecular formula is C38H24N4. The van der Waals surface area contributed by atoms with Crippen molar-refractivity contribution in [1.82, 2.24) is 19.9 Å². The van der Waals surface area contributed by atoms with Gasteiger partial charge in [-0.3, -0.25) is 0 Å². The van der Waals surface area contributed by atoms with Crippen LogP contribution in [0.3, 0.4) is 0 Å². The van der Waals surface area contributed by atoms with Crippen molar-refractivity contribution in [3.63, 3.8) is 0 Å². The minimum absolute atomic E-state index is 0.698. The van der Waals surface area contributed by atoms with Crippen molar-refractivity contribution in [3.8, 4) is 45.0 Å². The van der Waals surface area contributed by atoms with Gasteiger partial charge in [0.2, 0.25) is 0 Å². The van der Waals surface area contributed by atoms with Crippen molar-refractivity contribution in [1.29, 1.82) is 0 Å². The molecule has 5 aromatic carbocycles. The van der Waals surface area contributed by atoms with Gasteiger partial charge in [-0.2, -0.15) is 0 Å². The summed E-state index contributed by atoms with van der Waals surface area (Å²) in [6, 6.07) is 46.4. The van der Waals surface area contributed by atoms with Crippen molar-refractivity contribution in [2.75, 3.05) is 0 Å². The van der Waals surface area contributed by atoms with E-state index in [1.807, 2.05) is 18.2 Å². The Bertz CT molecular complexity index is 2240. The van der Waals surface area contributed by atoms with E-state index in [4.69, 9.17) is 9.97 Å². The number of pyridine rings is 2. The first-order chi connectivity index (χ1) is 20.8. The quantitative estimate of drug-likeness (QED) is 0.210. The lowest BCUT2D eigenvalue weighted by atomic mass is 9.99. The van der Waals surface area contributed by atoms with Gasteiger partial charge in [-0.05, 0) is 52.2 Å². The lowest BCUT2D eigenvalue weighted by molar-refractivity contribution is 1.18. The van der Waals surface area contributed by atoms with Crippen LogP contribution in [0, 0.1) is 0 Å². The summed E-state index contributed by atoms with van der Waals surface area (Å²) < 4.78 is 0. The second-order valence-corrected chi connectivity index (χ2v) is 10.4. The number of nitrogens with zero attached hydrogens (tertiary/aromatic N) is 4. The number of hydrogen-bond acceptors (Lipinski definition) is 4. The molecule has 0 atom stereocenters. The molecule has 0 saturated heterocycles. The maximum absolute atomic E-state index is 5.13. The Labute approximate surface area is 243 Å². The molecule has 0 radical (unpaired) electrons. The minimum atomic E-state index is 0.698. The molecular weight excluding hydrogens is 512 g/mol. The van der Waals surface area contributed by atoms with Gasteiger partial charge in [0.25, 0.3) is 0 Å². The molecule has 0 fully saturated rings. The highest BCUT2D eigenvalue weighted by atomic mass is 14.9. The third-order valence-corrected chi connectivity index (χ3v) is 7.77. The first kappa shape index (κ1) is 24.1. The van der Waals surface area contributed by atoms with Gasteiger partial charge in [-0.25, -0.2) is 19.9 Å². The van der Waals surface area contributed by atoms with Gasteiger partial charge >= 0.3 is 0 Å². The van der Waals surface area contributed by atoms with E-state index >= 15 is 0 Å². The third kappa shape index (κ3) is 4.36. The predicted octanol–water partition coefficient (Wildman–Crippen LogP) is 9.39. The third-order valence-electron chi connectivity index (χ3n) is 7.77. The maximum atomic E-state index is 5.13. The van der Waals surface area contributed by atoms with Crippen LogP contribution in [0.1, 0.15) is 0 Å². The Morgan fingerprint density at radius 1 is 0.333 bits per heavy atom. The molecule has 3 aromatic heterocycles. The molecule has 0 aliphatic heterocycles. The Morgan fingerprint density at radius 2 is 0.905 bits per heavy atom. The summed E-state index contributed by atoms with van der Waals surface area (Å²) in [7, 11) is 0. The molecule has 4 heteroatoms. The number of rotatable bonds is 4.